The predicted octanol–water partition coefficient (Wildman–Crippen LogP) is 1.56. The Hall–Kier alpha value is -0.690. The lowest BCUT2D eigenvalue weighted by Gasteiger charge is -2.28. The highest BCUT2D eigenvalue weighted by molar-refractivity contribution is 7.89. The van der Waals surface area contributed by atoms with Crippen LogP contribution in [0.3, 0.4) is 0 Å². The lowest BCUT2D eigenvalue weighted by atomic mass is 9.97. The number of hydrogen-bond acceptors (Lipinski definition) is 4. The normalized spacial score (nSPS) is 15.3. The van der Waals surface area contributed by atoms with Crippen molar-refractivity contribution in [2.24, 2.45) is 0 Å². The van der Waals surface area contributed by atoms with E-state index in [-0.39, 0.29) is 16.5 Å². The SMILES string of the molecule is CCC(C)(CCO)NS(=O)(=O)c1cnccc1Cl. The van der Waals surface area contributed by atoms with E-state index in [1.54, 1.807) is 6.92 Å². The molecule has 1 atom stereocenters. The van der Waals surface area contributed by atoms with Gasteiger partial charge in [0, 0.05) is 24.5 Å². The Balaban J connectivity index is 3.06. The number of nitrogens with one attached hydrogen (secondary N) is 1. The maximum atomic E-state index is 12.2. The van der Waals surface area contributed by atoms with E-state index >= 15 is 0 Å². The molecule has 5 nitrogen and oxygen atoms in total. The number of sulfonamides is 1. The molecule has 0 bridgehead atoms. The summed E-state index contributed by atoms with van der Waals surface area (Å²) in [4.78, 5) is 3.71. The van der Waals surface area contributed by atoms with Crippen molar-refractivity contribution in [3.05, 3.63) is 23.5 Å². The van der Waals surface area contributed by atoms with E-state index in [0.717, 1.165) is 0 Å². The average Bonchev–Trinajstić information content (AvgIpc) is 2.29. The van der Waals surface area contributed by atoms with Gasteiger partial charge in [-0.05, 0) is 25.8 Å². The van der Waals surface area contributed by atoms with Gasteiger partial charge < -0.3 is 5.11 Å². The fourth-order valence-corrected chi connectivity index (χ4v) is 3.43. The first kappa shape index (κ1) is 15.4. The Labute approximate surface area is 112 Å². The molecular weight excluding hydrogens is 276 g/mol. The lowest BCUT2D eigenvalue weighted by Crippen LogP contribution is -2.46. The van der Waals surface area contributed by atoms with Crippen molar-refractivity contribution in [3.8, 4) is 0 Å². The van der Waals surface area contributed by atoms with Crippen molar-refractivity contribution in [1.82, 2.24) is 9.71 Å². The smallest absolute Gasteiger partial charge is 0.244 e. The predicted molar refractivity (Wildman–Crippen MR) is 70.0 cm³/mol. The second-order valence-corrected chi connectivity index (χ2v) is 6.36. The number of pyridine rings is 1. The van der Waals surface area contributed by atoms with Crippen LogP contribution in [0.4, 0.5) is 0 Å². The Morgan fingerprint density at radius 2 is 2.22 bits per heavy atom. The molecule has 0 radical (unpaired) electrons. The molecule has 0 spiro atoms. The number of hydrogen-bond donors (Lipinski definition) is 2. The number of halogens is 1. The molecule has 2 N–H and O–H groups in total. The summed E-state index contributed by atoms with van der Waals surface area (Å²) in [6.45, 7) is 3.50. The van der Waals surface area contributed by atoms with Crippen LogP contribution in [0.15, 0.2) is 23.4 Å². The first-order chi connectivity index (χ1) is 8.34. The molecule has 102 valence electrons. The van der Waals surface area contributed by atoms with Crippen molar-refractivity contribution in [3.63, 3.8) is 0 Å². The van der Waals surface area contributed by atoms with Crippen molar-refractivity contribution in [2.45, 2.75) is 37.1 Å². The first-order valence-corrected chi connectivity index (χ1v) is 7.45. The summed E-state index contributed by atoms with van der Waals surface area (Å²) >= 11 is 5.85. The number of aromatic nitrogens is 1. The van der Waals surface area contributed by atoms with Gasteiger partial charge in [-0.1, -0.05) is 18.5 Å². The molecule has 18 heavy (non-hydrogen) atoms. The summed E-state index contributed by atoms with van der Waals surface area (Å²) in [5.74, 6) is 0. The molecule has 0 saturated carbocycles. The molecule has 1 aromatic rings. The molecule has 0 fully saturated rings. The van der Waals surface area contributed by atoms with Crippen LogP contribution >= 0.6 is 11.6 Å². The van der Waals surface area contributed by atoms with Crippen LogP contribution in [-0.2, 0) is 10.0 Å². The molecule has 1 heterocycles. The Kier molecular flexibility index (Phi) is 5.10. The third-order valence-corrected chi connectivity index (χ3v) is 4.96. The van der Waals surface area contributed by atoms with Crippen LogP contribution in [0.1, 0.15) is 26.7 Å². The molecule has 0 amide bonds. The zero-order valence-corrected chi connectivity index (χ0v) is 11.9. The summed E-state index contributed by atoms with van der Waals surface area (Å²) in [5, 5.41) is 9.11. The molecule has 0 aliphatic rings. The highest BCUT2D eigenvalue weighted by Crippen LogP contribution is 2.23. The third-order valence-electron chi connectivity index (χ3n) is 2.85. The van der Waals surface area contributed by atoms with Gasteiger partial charge in [0.05, 0.1) is 5.02 Å². The molecule has 1 aromatic heterocycles. The maximum Gasteiger partial charge on any atom is 0.244 e. The third kappa shape index (κ3) is 3.65. The fraction of sp³-hybridized carbons (Fsp3) is 0.545. The van der Waals surface area contributed by atoms with Crippen LogP contribution in [0.25, 0.3) is 0 Å². The van der Waals surface area contributed by atoms with Gasteiger partial charge in [0.2, 0.25) is 10.0 Å². The maximum absolute atomic E-state index is 12.2. The topological polar surface area (TPSA) is 79.3 Å². The highest BCUT2D eigenvalue weighted by atomic mass is 35.5. The van der Waals surface area contributed by atoms with E-state index in [1.807, 2.05) is 6.92 Å². The zero-order chi connectivity index (χ0) is 13.8. The molecule has 0 saturated heterocycles. The second kappa shape index (κ2) is 5.97. The van der Waals surface area contributed by atoms with Crippen LogP contribution in [0.5, 0.6) is 0 Å². The second-order valence-electron chi connectivity index (χ2n) is 4.30. The van der Waals surface area contributed by atoms with Gasteiger partial charge in [0.15, 0.2) is 0 Å². The zero-order valence-electron chi connectivity index (χ0n) is 10.4. The van der Waals surface area contributed by atoms with Crippen LogP contribution < -0.4 is 4.72 Å². The monoisotopic (exact) mass is 292 g/mol. The highest BCUT2D eigenvalue weighted by Gasteiger charge is 2.29. The minimum absolute atomic E-state index is 0.0516. The van der Waals surface area contributed by atoms with E-state index in [9.17, 15) is 8.42 Å². The van der Waals surface area contributed by atoms with Crippen LogP contribution in [-0.4, -0.2) is 30.7 Å². The molecule has 7 heteroatoms. The molecule has 0 aliphatic carbocycles. The Morgan fingerprint density at radius 1 is 1.56 bits per heavy atom. The number of rotatable bonds is 6. The van der Waals surface area contributed by atoms with Crippen molar-refractivity contribution >= 4 is 21.6 Å². The summed E-state index contributed by atoms with van der Waals surface area (Å²) in [6, 6.07) is 1.42. The molecule has 0 aromatic carbocycles. The van der Waals surface area contributed by atoms with Gasteiger partial charge in [0.25, 0.3) is 0 Å². The van der Waals surface area contributed by atoms with Gasteiger partial charge in [0.1, 0.15) is 4.90 Å². The fourth-order valence-electron chi connectivity index (χ4n) is 1.49. The minimum Gasteiger partial charge on any atom is -0.396 e. The van der Waals surface area contributed by atoms with Gasteiger partial charge in [-0.15, -0.1) is 0 Å². The summed E-state index contributed by atoms with van der Waals surface area (Å²) in [6.07, 6.45) is 3.53. The van der Waals surface area contributed by atoms with E-state index in [1.165, 1.54) is 18.5 Å². The molecule has 1 unspecified atom stereocenters. The van der Waals surface area contributed by atoms with Crippen molar-refractivity contribution < 1.29 is 13.5 Å². The summed E-state index contributed by atoms with van der Waals surface area (Å²) in [5.41, 5.74) is -0.702. The molecule has 0 aliphatic heterocycles. The quantitative estimate of drug-likeness (QED) is 0.834. The van der Waals surface area contributed by atoms with Gasteiger partial charge in [-0.25, -0.2) is 13.1 Å². The van der Waals surface area contributed by atoms with Crippen molar-refractivity contribution in [2.75, 3.05) is 6.61 Å². The number of nitrogens with zero attached hydrogens (tertiary/aromatic N) is 1. The van der Waals surface area contributed by atoms with Crippen LogP contribution in [0.2, 0.25) is 5.02 Å². The van der Waals surface area contributed by atoms with E-state index < -0.39 is 15.6 Å². The molecule has 1 rings (SSSR count). The van der Waals surface area contributed by atoms with Crippen LogP contribution in [0, 0.1) is 0 Å². The average molecular weight is 293 g/mol. The Bertz CT molecular complexity index is 507. The minimum atomic E-state index is -3.74. The summed E-state index contributed by atoms with van der Waals surface area (Å²) in [7, 11) is -3.74. The standard InChI is InChI=1S/C11H17ClN2O3S/c1-3-11(2,5-7-15)14-18(16,17)10-8-13-6-4-9(10)12/h4,6,8,14-15H,3,5,7H2,1-2H3. The van der Waals surface area contributed by atoms with Gasteiger partial charge >= 0.3 is 0 Å². The van der Waals surface area contributed by atoms with E-state index in [0.29, 0.717) is 12.8 Å². The van der Waals surface area contributed by atoms with E-state index in [4.69, 9.17) is 16.7 Å². The number of aliphatic hydroxyl groups excluding tert-OH is 1. The van der Waals surface area contributed by atoms with Crippen molar-refractivity contribution in [1.29, 1.82) is 0 Å². The number of aliphatic hydroxyl groups is 1. The largest absolute Gasteiger partial charge is 0.396 e. The van der Waals surface area contributed by atoms with Gasteiger partial charge in [-0.3, -0.25) is 4.98 Å². The Morgan fingerprint density at radius 3 is 2.72 bits per heavy atom. The molecular formula is C11H17ClN2O3S. The lowest BCUT2D eigenvalue weighted by molar-refractivity contribution is 0.233. The van der Waals surface area contributed by atoms with E-state index in [2.05, 4.69) is 9.71 Å². The first-order valence-electron chi connectivity index (χ1n) is 5.59. The van der Waals surface area contributed by atoms with Gasteiger partial charge in [-0.2, -0.15) is 0 Å². The summed E-state index contributed by atoms with van der Waals surface area (Å²) < 4.78 is 26.9.